The summed E-state index contributed by atoms with van der Waals surface area (Å²) in [4.78, 5) is 2.43. The summed E-state index contributed by atoms with van der Waals surface area (Å²) in [6, 6.07) is 6.22. The molecule has 3 rings (SSSR count). The summed E-state index contributed by atoms with van der Waals surface area (Å²) in [6.07, 6.45) is 3.29. The van der Waals surface area contributed by atoms with Gasteiger partial charge in [0, 0.05) is 25.7 Å². The minimum Gasteiger partial charge on any atom is -0.493 e. The van der Waals surface area contributed by atoms with Crippen LogP contribution in [-0.4, -0.2) is 51.0 Å². The maximum atomic E-state index is 5.83. The SMILES string of the molecule is c1cc2c(cc1OCCCN1CCOCC1)OCCC2. The maximum Gasteiger partial charge on any atom is 0.126 e. The average molecular weight is 277 g/mol. The van der Waals surface area contributed by atoms with Crippen LogP contribution in [0.2, 0.25) is 0 Å². The molecule has 0 amide bonds. The minimum absolute atomic E-state index is 0.760. The van der Waals surface area contributed by atoms with Crippen molar-refractivity contribution in [2.24, 2.45) is 0 Å². The quantitative estimate of drug-likeness (QED) is 0.771. The van der Waals surface area contributed by atoms with Gasteiger partial charge in [0.1, 0.15) is 11.5 Å². The highest BCUT2D eigenvalue weighted by atomic mass is 16.5. The lowest BCUT2D eigenvalue weighted by Gasteiger charge is -2.26. The van der Waals surface area contributed by atoms with Crippen molar-refractivity contribution in [2.45, 2.75) is 19.3 Å². The molecular formula is C16H23NO3. The number of hydrogen-bond donors (Lipinski definition) is 0. The van der Waals surface area contributed by atoms with Gasteiger partial charge in [0.15, 0.2) is 0 Å². The second-order valence-corrected chi connectivity index (χ2v) is 5.38. The molecule has 2 aliphatic heterocycles. The van der Waals surface area contributed by atoms with E-state index >= 15 is 0 Å². The van der Waals surface area contributed by atoms with Gasteiger partial charge in [-0.15, -0.1) is 0 Å². The number of nitrogens with zero attached hydrogens (tertiary/aromatic N) is 1. The molecule has 4 heteroatoms. The smallest absolute Gasteiger partial charge is 0.126 e. The van der Waals surface area contributed by atoms with Gasteiger partial charge in [-0.2, -0.15) is 0 Å². The third kappa shape index (κ3) is 3.64. The lowest BCUT2D eigenvalue weighted by atomic mass is 10.1. The molecule has 1 fully saturated rings. The Bertz CT molecular complexity index is 430. The first-order chi connectivity index (χ1) is 9.92. The standard InChI is InChI=1S/C16H23NO3/c1-3-14-4-5-15(13-16(14)20-9-1)19-10-2-6-17-7-11-18-12-8-17/h4-5,13H,1-3,6-12H2. The molecule has 1 aromatic carbocycles. The van der Waals surface area contributed by atoms with Crippen molar-refractivity contribution in [1.82, 2.24) is 4.90 Å². The van der Waals surface area contributed by atoms with Gasteiger partial charge in [-0.3, -0.25) is 4.90 Å². The summed E-state index contributed by atoms with van der Waals surface area (Å²) < 4.78 is 16.8. The van der Waals surface area contributed by atoms with E-state index in [-0.39, 0.29) is 0 Å². The highest BCUT2D eigenvalue weighted by Crippen LogP contribution is 2.28. The fourth-order valence-corrected chi connectivity index (χ4v) is 2.71. The van der Waals surface area contributed by atoms with E-state index in [2.05, 4.69) is 17.0 Å². The van der Waals surface area contributed by atoms with Gasteiger partial charge in [0.25, 0.3) is 0 Å². The van der Waals surface area contributed by atoms with Gasteiger partial charge in [-0.25, -0.2) is 0 Å². The summed E-state index contributed by atoms with van der Waals surface area (Å²) in [5.74, 6) is 1.93. The molecule has 0 aromatic heterocycles. The third-order valence-corrected chi connectivity index (χ3v) is 3.88. The Labute approximate surface area is 120 Å². The largest absolute Gasteiger partial charge is 0.493 e. The van der Waals surface area contributed by atoms with Crippen molar-refractivity contribution in [3.8, 4) is 11.5 Å². The second-order valence-electron chi connectivity index (χ2n) is 5.38. The van der Waals surface area contributed by atoms with Gasteiger partial charge in [0.05, 0.1) is 26.4 Å². The fourth-order valence-electron chi connectivity index (χ4n) is 2.71. The van der Waals surface area contributed by atoms with E-state index in [1.165, 1.54) is 5.56 Å². The molecule has 1 saturated heterocycles. The summed E-state index contributed by atoms with van der Waals surface area (Å²) in [5, 5.41) is 0. The Kier molecular flexibility index (Phi) is 4.77. The van der Waals surface area contributed by atoms with Crippen LogP contribution < -0.4 is 9.47 Å². The zero-order chi connectivity index (χ0) is 13.6. The van der Waals surface area contributed by atoms with Crippen LogP contribution in [0.15, 0.2) is 18.2 Å². The number of morpholine rings is 1. The van der Waals surface area contributed by atoms with E-state index in [1.54, 1.807) is 0 Å². The van der Waals surface area contributed by atoms with E-state index in [4.69, 9.17) is 14.2 Å². The summed E-state index contributed by atoms with van der Waals surface area (Å²) in [5.41, 5.74) is 1.30. The molecule has 1 aromatic rings. The molecule has 0 unspecified atom stereocenters. The first kappa shape index (κ1) is 13.7. The van der Waals surface area contributed by atoms with Crippen molar-refractivity contribution in [3.63, 3.8) is 0 Å². The monoisotopic (exact) mass is 277 g/mol. The topological polar surface area (TPSA) is 30.9 Å². The zero-order valence-electron chi connectivity index (χ0n) is 12.0. The van der Waals surface area contributed by atoms with Crippen LogP contribution in [0.1, 0.15) is 18.4 Å². The van der Waals surface area contributed by atoms with E-state index in [1.807, 2.05) is 6.07 Å². The van der Waals surface area contributed by atoms with Crippen molar-refractivity contribution in [3.05, 3.63) is 23.8 Å². The van der Waals surface area contributed by atoms with E-state index in [0.29, 0.717) is 0 Å². The van der Waals surface area contributed by atoms with Crippen LogP contribution in [0.5, 0.6) is 11.5 Å². The van der Waals surface area contributed by atoms with Crippen LogP contribution in [-0.2, 0) is 11.2 Å². The highest BCUT2D eigenvalue weighted by molar-refractivity contribution is 5.41. The molecule has 0 radical (unpaired) electrons. The van der Waals surface area contributed by atoms with Gasteiger partial charge in [-0.05, 0) is 30.9 Å². The normalized spacial score (nSPS) is 19.2. The Balaban J connectivity index is 1.41. The molecule has 2 heterocycles. The van der Waals surface area contributed by atoms with Crippen LogP contribution in [0.4, 0.5) is 0 Å². The fraction of sp³-hybridized carbons (Fsp3) is 0.625. The Morgan fingerprint density at radius 3 is 2.95 bits per heavy atom. The minimum atomic E-state index is 0.760. The molecule has 0 saturated carbocycles. The molecule has 110 valence electrons. The third-order valence-electron chi connectivity index (χ3n) is 3.88. The van der Waals surface area contributed by atoms with Crippen LogP contribution in [0.3, 0.4) is 0 Å². The van der Waals surface area contributed by atoms with Crippen molar-refractivity contribution < 1.29 is 14.2 Å². The molecule has 20 heavy (non-hydrogen) atoms. The molecule has 0 spiro atoms. The van der Waals surface area contributed by atoms with Gasteiger partial charge >= 0.3 is 0 Å². The molecule has 0 bridgehead atoms. The number of fused-ring (bicyclic) bond motifs is 1. The van der Waals surface area contributed by atoms with E-state index in [0.717, 1.165) is 76.8 Å². The second kappa shape index (κ2) is 6.95. The first-order valence-corrected chi connectivity index (χ1v) is 7.60. The van der Waals surface area contributed by atoms with Crippen molar-refractivity contribution in [1.29, 1.82) is 0 Å². The molecule has 2 aliphatic rings. The highest BCUT2D eigenvalue weighted by Gasteiger charge is 2.12. The maximum absolute atomic E-state index is 5.83. The van der Waals surface area contributed by atoms with Crippen molar-refractivity contribution in [2.75, 3.05) is 46.1 Å². The number of aryl methyl sites for hydroxylation is 1. The number of hydrogen-bond acceptors (Lipinski definition) is 4. The van der Waals surface area contributed by atoms with Gasteiger partial charge in [-0.1, -0.05) is 6.07 Å². The van der Waals surface area contributed by atoms with Gasteiger partial charge < -0.3 is 14.2 Å². The summed E-state index contributed by atoms with van der Waals surface area (Å²) >= 11 is 0. The van der Waals surface area contributed by atoms with Crippen LogP contribution in [0.25, 0.3) is 0 Å². The summed E-state index contributed by atoms with van der Waals surface area (Å²) in [6.45, 7) is 6.50. The lowest BCUT2D eigenvalue weighted by Crippen LogP contribution is -2.37. The molecule has 4 nitrogen and oxygen atoms in total. The number of ether oxygens (including phenoxy) is 3. The average Bonchev–Trinajstić information content (AvgIpc) is 2.52. The molecule has 0 aliphatic carbocycles. The Morgan fingerprint density at radius 1 is 1.15 bits per heavy atom. The van der Waals surface area contributed by atoms with Crippen LogP contribution in [0, 0.1) is 0 Å². The number of benzene rings is 1. The Morgan fingerprint density at radius 2 is 2.05 bits per heavy atom. The molecule has 0 N–H and O–H groups in total. The van der Waals surface area contributed by atoms with E-state index in [9.17, 15) is 0 Å². The van der Waals surface area contributed by atoms with Crippen LogP contribution >= 0.6 is 0 Å². The zero-order valence-corrected chi connectivity index (χ0v) is 12.0. The predicted octanol–water partition coefficient (Wildman–Crippen LogP) is 2.11. The van der Waals surface area contributed by atoms with Gasteiger partial charge in [0.2, 0.25) is 0 Å². The van der Waals surface area contributed by atoms with Crippen molar-refractivity contribution >= 4 is 0 Å². The molecule has 0 atom stereocenters. The Hall–Kier alpha value is -1.26. The number of rotatable bonds is 5. The molecular weight excluding hydrogens is 254 g/mol. The lowest BCUT2D eigenvalue weighted by molar-refractivity contribution is 0.0358. The van der Waals surface area contributed by atoms with E-state index < -0.39 is 0 Å². The first-order valence-electron chi connectivity index (χ1n) is 7.60. The summed E-state index contributed by atoms with van der Waals surface area (Å²) in [7, 11) is 0. The predicted molar refractivity (Wildman–Crippen MR) is 77.6 cm³/mol.